The molecule has 2 aromatic rings. The lowest BCUT2D eigenvalue weighted by molar-refractivity contribution is -0.138. The van der Waals surface area contributed by atoms with E-state index in [1.54, 1.807) is 0 Å². The van der Waals surface area contributed by atoms with Gasteiger partial charge in [0.1, 0.15) is 12.6 Å². The van der Waals surface area contributed by atoms with Crippen LogP contribution in [0.25, 0.3) is 11.1 Å². The molecule has 0 fully saturated rings. The van der Waals surface area contributed by atoms with Crippen LogP contribution in [0.2, 0.25) is 0 Å². The second-order valence-electron chi connectivity index (χ2n) is 7.70. The van der Waals surface area contributed by atoms with Crippen molar-refractivity contribution in [2.24, 2.45) is 0 Å². The molecule has 1 unspecified atom stereocenters. The molecule has 3 N–H and O–H groups in total. The first kappa shape index (κ1) is 25.1. The number of carboxylic acid groups (broad SMARTS) is 1. The van der Waals surface area contributed by atoms with E-state index in [2.05, 4.69) is 10.6 Å². The smallest absolute Gasteiger partial charge is 0.407 e. The molecule has 8 nitrogen and oxygen atoms in total. The number of halogens is 2. The van der Waals surface area contributed by atoms with Crippen LogP contribution >= 0.6 is 0 Å². The number of benzene rings is 2. The Balaban J connectivity index is 1.53. The molecule has 1 aliphatic carbocycles. The summed E-state index contributed by atoms with van der Waals surface area (Å²) in [5, 5.41) is 13.1. The average Bonchev–Trinajstić information content (AvgIpc) is 3.12. The molecule has 0 saturated carbocycles. The number of carboxylic acids is 1. The molecule has 34 heavy (non-hydrogen) atoms. The summed E-state index contributed by atoms with van der Waals surface area (Å²) in [6.45, 7) is -0.0696. The summed E-state index contributed by atoms with van der Waals surface area (Å²) in [5.74, 6) is -2.03. The van der Waals surface area contributed by atoms with E-state index in [0.717, 1.165) is 22.3 Å². The lowest BCUT2D eigenvalue weighted by atomic mass is 9.98. The maximum Gasteiger partial charge on any atom is 0.407 e. The molecule has 0 aliphatic heterocycles. The van der Waals surface area contributed by atoms with Crippen molar-refractivity contribution in [2.45, 2.75) is 31.2 Å². The van der Waals surface area contributed by atoms with E-state index < -0.39 is 36.9 Å². The SMILES string of the molecule is O=C(O)CCOCCNC(=O)C(CC(F)F)NC(=O)OCC1c2ccccc2-c2ccccc21. The first-order chi connectivity index (χ1) is 16.4. The molecule has 1 atom stereocenters. The van der Waals surface area contributed by atoms with Gasteiger partial charge in [-0.2, -0.15) is 0 Å². The van der Waals surface area contributed by atoms with Crippen molar-refractivity contribution < 1.29 is 37.7 Å². The number of carbonyl (C=O) groups excluding carboxylic acids is 2. The lowest BCUT2D eigenvalue weighted by Gasteiger charge is -2.19. The highest BCUT2D eigenvalue weighted by atomic mass is 19.3. The summed E-state index contributed by atoms with van der Waals surface area (Å²) in [6, 6.07) is 14.0. The molecule has 1 aliphatic rings. The Morgan fingerprint density at radius 1 is 0.971 bits per heavy atom. The van der Waals surface area contributed by atoms with Crippen molar-refractivity contribution >= 4 is 18.0 Å². The number of hydrogen-bond donors (Lipinski definition) is 3. The van der Waals surface area contributed by atoms with Crippen LogP contribution in [0, 0.1) is 0 Å². The van der Waals surface area contributed by atoms with Crippen LogP contribution in [0.5, 0.6) is 0 Å². The normalized spacial score (nSPS) is 13.1. The largest absolute Gasteiger partial charge is 0.481 e. The Kier molecular flexibility index (Phi) is 8.92. The number of ether oxygens (including phenoxy) is 2. The molecule has 0 bridgehead atoms. The highest BCUT2D eigenvalue weighted by molar-refractivity contribution is 5.85. The maximum atomic E-state index is 13.0. The fourth-order valence-electron chi connectivity index (χ4n) is 3.82. The van der Waals surface area contributed by atoms with Gasteiger partial charge in [0.2, 0.25) is 12.3 Å². The van der Waals surface area contributed by atoms with Gasteiger partial charge < -0.3 is 25.2 Å². The third-order valence-electron chi connectivity index (χ3n) is 5.37. The minimum Gasteiger partial charge on any atom is -0.481 e. The van der Waals surface area contributed by atoms with E-state index in [9.17, 15) is 23.2 Å². The zero-order valence-corrected chi connectivity index (χ0v) is 18.3. The van der Waals surface area contributed by atoms with Crippen LogP contribution in [-0.4, -0.2) is 61.9 Å². The second-order valence-corrected chi connectivity index (χ2v) is 7.70. The number of nitrogens with one attached hydrogen (secondary N) is 2. The van der Waals surface area contributed by atoms with Gasteiger partial charge in [-0.15, -0.1) is 0 Å². The van der Waals surface area contributed by atoms with Gasteiger partial charge in [0.15, 0.2) is 0 Å². The van der Waals surface area contributed by atoms with E-state index in [1.807, 2.05) is 48.5 Å². The molecule has 0 heterocycles. The van der Waals surface area contributed by atoms with Crippen LogP contribution in [0.3, 0.4) is 0 Å². The second kappa shape index (κ2) is 12.1. The fraction of sp³-hybridized carbons (Fsp3) is 0.375. The third-order valence-corrected chi connectivity index (χ3v) is 5.37. The van der Waals surface area contributed by atoms with Crippen molar-refractivity contribution in [1.82, 2.24) is 10.6 Å². The highest BCUT2D eigenvalue weighted by Crippen LogP contribution is 2.44. The van der Waals surface area contributed by atoms with Gasteiger partial charge in [-0.05, 0) is 22.3 Å². The average molecular weight is 476 g/mol. The van der Waals surface area contributed by atoms with Gasteiger partial charge in [-0.1, -0.05) is 48.5 Å². The van der Waals surface area contributed by atoms with Gasteiger partial charge in [0.25, 0.3) is 0 Å². The molecule has 0 radical (unpaired) electrons. The fourth-order valence-corrected chi connectivity index (χ4v) is 3.82. The molecular weight excluding hydrogens is 450 g/mol. The Morgan fingerprint density at radius 3 is 2.18 bits per heavy atom. The van der Waals surface area contributed by atoms with Crippen molar-refractivity contribution in [2.75, 3.05) is 26.4 Å². The lowest BCUT2D eigenvalue weighted by Crippen LogP contribution is -2.48. The summed E-state index contributed by atoms with van der Waals surface area (Å²) in [7, 11) is 0. The monoisotopic (exact) mass is 476 g/mol. The molecule has 0 spiro atoms. The predicted molar refractivity (Wildman–Crippen MR) is 119 cm³/mol. The molecule has 0 aromatic heterocycles. The Labute approximate surface area is 195 Å². The van der Waals surface area contributed by atoms with E-state index in [1.165, 1.54) is 0 Å². The summed E-state index contributed by atoms with van der Waals surface area (Å²) in [4.78, 5) is 35.1. The zero-order valence-electron chi connectivity index (χ0n) is 18.3. The molecule has 182 valence electrons. The topological polar surface area (TPSA) is 114 Å². The molecular formula is C24H26F2N2O6. The van der Waals surface area contributed by atoms with E-state index in [4.69, 9.17) is 14.6 Å². The summed E-state index contributed by atoms with van der Waals surface area (Å²) < 4.78 is 36.3. The van der Waals surface area contributed by atoms with Gasteiger partial charge in [-0.25, -0.2) is 13.6 Å². The van der Waals surface area contributed by atoms with Crippen LogP contribution in [0.15, 0.2) is 48.5 Å². The van der Waals surface area contributed by atoms with Crippen molar-refractivity contribution in [3.05, 3.63) is 59.7 Å². The number of fused-ring (bicyclic) bond motifs is 3. The summed E-state index contributed by atoms with van der Waals surface area (Å²) >= 11 is 0. The van der Waals surface area contributed by atoms with Crippen LogP contribution in [-0.2, 0) is 19.1 Å². The van der Waals surface area contributed by atoms with Crippen LogP contribution in [0.1, 0.15) is 29.9 Å². The standard InChI is InChI=1S/C24H26F2N2O6/c25-21(26)13-20(23(31)27-10-12-33-11-9-22(29)30)28-24(32)34-14-19-17-7-3-1-5-15(17)16-6-2-4-8-18(16)19/h1-8,19-21H,9-14H2,(H,27,31)(H,28,32)(H,29,30). The minimum atomic E-state index is -2.82. The van der Waals surface area contributed by atoms with E-state index in [0.29, 0.717) is 0 Å². The van der Waals surface area contributed by atoms with E-state index >= 15 is 0 Å². The van der Waals surface area contributed by atoms with Crippen molar-refractivity contribution in [1.29, 1.82) is 0 Å². The first-order valence-electron chi connectivity index (χ1n) is 10.8. The minimum absolute atomic E-state index is 0.00532. The number of carbonyl (C=O) groups is 3. The third kappa shape index (κ3) is 6.74. The predicted octanol–water partition coefficient (Wildman–Crippen LogP) is 3.16. The quantitative estimate of drug-likeness (QED) is 0.406. The molecule has 2 aromatic carbocycles. The van der Waals surface area contributed by atoms with Gasteiger partial charge in [0, 0.05) is 18.9 Å². The molecule has 3 rings (SSSR count). The zero-order chi connectivity index (χ0) is 24.5. The van der Waals surface area contributed by atoms with Crippen molar-refractivity contribution in [3.8, 4) is 11.1 Å². The molecule has 10 heteroatoms. The van der Waals surface area contributed by atoms with Crippen molar-refractivity contribution in [3.63, 3.8) is 0 Å². The number of alkyl halides is 2. The summed E-state index contributed by atoms with van der Waals surface area (Å²) in [5.41, 5.74) is 4.10. The molecule has 0 saturated heterocycles. The number of amides is 2. The van der Waals surface area contributed by atoms with E-state index in [-0.39, 0.29) is 38.7 Å². The summed E-state index contributed by atoms with van der Waals surface area (Å²) in [6.07, 6.45) is -4.86. The van der Waals surface area contributed by atoms with Gasteiger partial charge >= 0.3 is 12.1 Å². The number of aliphatic carboxylic acids is 1. The maximum absolute atomic E-state index is 13.0. The first-order valence-corrected chi connectivity index (χ1v) is 10.8. The number of hydrogen-bond acceptors (Lipinski definition) is 5. The van der Waals surface area contributed by atoms with Gasteiger partial charge in [0.05, 0.1) is 19.6 Å². The number of alkyl carbamates (subject to hydrolysis) is 1. The van der Waals surface area contributed by atoms with Gasteiger partial charge in [-0.3, -0.25) is 9.59 Å². The Bertz CT molecular complexity index is 971. The Morgan fingerprint density at radius 2 is 1.59 bits per heavy atom. The van der Waals surface area contributed by atoms with Crippen LogP contribution in [0.4, 0.5) is 13.6 Å². The molecule has 2 amide bonds. The highest BCUT2D eigenvalue weighted by Gasteiger charge is 2.30. The number of rotatable bonds is 12. The van der Waals surface area contributed by atoms with Crippen LogP contribution < -0.4 is 10.6 Å². The Hall–Kier alpha value is -3.53.